The standard InChI is InChI=1S/C23H38N2O6.C12H16ClNO3/c1-23(2,3)31-22(26)25-13-7-4-5-8-16-30-21-19(11-10-14-24-21)27-17-18-29-20-12-6-9-15-28-20;13-12-10(4-3-6-14-12)15-8-9-17-11-5-1-2-7-16-11/h10-11,14,20H,4-9,12-13,15-18H2,1-3H3,(H,25,26);3-4,6,11H,1-2,5,7-9H2. The van der Waals surface area contributed by atoms with Gasteiger partial charge in [-0.05, 0) is 96.4 Å². The summed E-state index contributed by atoms with van der Waals surface area (Å²) in [5.74, 6) is 1.71. The summed E-state index contributed by atoms with van der Waals surface area (Å²) in [5.41, 5.74) is -0.466. The van der Waals surface area contributed by atoms with Crippen LogP contribution >= 0.6 is 11.6 Å². The number of pyridine rings is 2. The molecule has 2 unspecified atom stereocenters. The number of ether oxygens (including phenoxy) is 8. The highest BCUT2D eigenvalue weighted by Crippen LogP contribution is 2.24. The Hall–Kier alpha value is -2.90. The highest BCUT2D eigenvalue weighted by Gasteiger charge is 2.16. The van der Waals surface area contributed by atoms with Gasteiger partial charge in [0, 0.05) is 32.2 Å². The predicted molar refractivity (Wildman–Crippen MR) is 182 cm³/mol. The van der Waals surface area contributed by atoms with Crippen molar-refractivity contribution in [3.8, 4) is 17.4 Å². The molecule has 13 heteroatoms. The monoisotopic (exact) mass is 695 g/mol. The van der Waals surface area contributed by atoms with E-state index in [2.05, 4.69) is 15.3 Å². The molecule has 0 radical (unpaired) electrons. The lowest BCUT2D eigenvalue weighted by Crippen LogP contribution is -2.32. The van der Waals surface area contributed by atoms with Crippen molar-refractivity contribution in [2.24, 2.45) is 0 Å². The fourth-order valence-corrected chi connectivity index (χ4v) is 4.85. The van der Waals surface area contributed by atoms with Crippen molar-refractivity contribution >= 4 is 17.7 Å². The van der Waals surface area contributed by atoms with Crippen LogP contribution in [0.3, 0.4) is 0 Å². The number of carbonyl (C=O) groups is 1. The molecule has 1 N–H and O–H groups in total. The lowest BCUT2D eigenvalue weighted by molar-refractivity contribution is -0.165. The van der Waals surface area contributed by atoms with Gasteiger partial charge in [0.1, 0.15) is 18.8 Å². The van der Waals surface area contributed by atoms with Crippen LogP contribution in [-0.4, -0.2) is 87.0 Å². The van der Waals surface area contributed by atoms with E-state index >= 15 is 0 Å². The van der Waals surface area contributed by atoms with Gasteiger partial charge in [-0.2, -0.15) is 0 Å². The molecule has 48 heavy (non-hydrogen) atoms. The second-order valence-electron chi connectivity index (χ2n) is 12.3. The van der Waals surface area contributed by atoms with E-state index in [-0.39, 0.29) is 18.7 Å². The van der Waals surface area contributed by atoms with Gasteiger partial charge in [0.15, 0.2) is 29.2 Å². The molecular weight excluding hydrogens is 642 g/mol. The first-order valence-corrected chi connectivity index (χ1v) is 17.5. The van der Waals surface area contributed by atoms with Gasteiger partial charge in [0.25, 0.3) is 5.88 Å². The number of hydrogen-bond donors (Lipinski definition) is 1. The van der Waals surface area contributed by atoms with Crippen LogP contribution in [0.2, 0.25) is 5.15 Å². The summed E-state index contributed by atoms with van der Waals surface area (Å²) in [7, 11) is 0. The zero-order valence-corrected chi connectivity index (χ0v) is 29.5. The third-order valence-electron chi connectivity index (χ3n) is 7.00. The number of unbranched alkanes of at least 4 members (excludes halogenated alkanes) is 3. The van der Waals surface area contributed by atoms with Gasteiger partial charge >= 0.3 is 6.09 Å². The molecule has 270 valence electrons. The van der Waals surface area contributed by atoms with Crippen molar-refractivity contribution in [2.45, 2.75) is 103 Å². The minimum absolute atomic E-state index is 0.0725. The molecule has 12 nitrogen and oxygen atoms in total. The first kappa shape index (κ1) is 39.5. The number of nitrogens with one attached hydrogen (secondary N) is 1. The van der Waals surface area contributed by atoms with Crippen LogP contribution in [0.1, 0.15) is 85.0 Å². The Labute approximate surface area is 290 Å². The minimum atomic E-state index is -0.466. The van der Waals surface area contributed by atoms with Crippen molar-refractivity contribution < 1.29 is 42.7 Å². The fraction of sp³-hybridized carbons (Fsp3) is 0.686. The second-order valence-corrected chi connectivity index (χ2v) is 12.7. The number of hydrogen-bond acceptors (Lipinski definition) is 11. The maximum absolute atomic E-state index is 11.6. The number of halogens is 1. The summed E-state index contributed by atoms with van der Waals surface area (Å²) >= 11 is 5.85. The largest absolute Gasteiger partial charge is 0.488 e. The van der Waals surface area contributed by atoms with Gasteiger partial charge < -0.3 is 43.2 Å². The van der Waals surface area contributed by atoms with Crippen molar-refractivity contribution in [1.82, 2.24) is 15.3 Å². The molecule has 2 aromatic rings. The van der Waals surface area contributed by atoms with Gasteiger partial charge in [-0.15, -0.1) is 0 Å². The number of alkyl carbamates (subject to hydrolysis) is 1. The van der Waals surface area contributed by atoms with Gasteiger partial charge in [0.2, 0.25) is 0 Å². The fourth-order valence-electron chi connectivity index (χ4n) is 4.67. The van der Waals surface area contributed by atoms with Gasteiger partial charge in [-0.25, -0.2) is 14.8 Å². The molecule has 2 saturated heterocycles. The summed E-state index contributed by atoms with van der Waals surface area (Å²) in [6, 6.07) is 7.24. The van der Waals surface area contributed by atoms with Crippen molar-refractivity contribution in [3.63, 3.8) is 0 Å². The maximum atomic E-state index is 11.6. The normalized spacial score (nSPS) is 17.8. The Kier molecular flexibility index (Phi) is 19.3. The molecule has 2 atom stereocenters. The zero-order valence-electron chi connectivity index (χ0n) is 28.8. The van der Waals surface area contributed by atoms with E-state index in [0.29, 0.717) is 62.1 Å². The molecule has 2 aliphatic rings. The smallest absolute Gasteiger partial charge is 0.407 e. The summed E-state index contributed by atoms with van der Waals surface area (Å²) < 4.78 is 44.4. The Balaban J connectivity index is 0.000000308. The van der Waals surface area contributed by atoms with E-state index in [1.165, 1.54) is 6.42 Å². The molecule has 0 saturated carbocycles. The number of nitrogens with zero attached hydrogens (tertiary/aromatic N) is 2. The predicted octanol–water partition coefficient (Wildman–Crippen LogP) is 7.12. The molecule has 4 rings (SSSR count). The van der Waals surface area contributed by atoms with Crippen LogP contribution in [0.4, 0.5) is 4.79 Å². The molecule has 0 aliphatic carbocycles. The number of carbonyl (C=O) groups excluding carboxylic acids is 1. The summed E-state index contributed by atoms with van der Waals surface area (Å²) in [6.45, 7) is 10.1. The molecule has 2 aromatic heterocycles. The minimum Gasteiger partial charge on any atom is -0.488 e. The Bertz CT molecular complexity index is 1140. The van der Waals surface area contributed by atoms with Crippen LogP contribution in [0, 0.1) is 0 Å². The quantitative estimate of drug-likeness (QED) is 0.126. The summed E-state index contributed by atoms with van der Waals surface area (Å²) in [5, 5.41) is 3.15. The van der Waals surface area contributed by atoms with Crippen molar-refractivity contribution in [2.75, 3.05) is 52.8 Å². The number of rotatable bonds is 18. The highest BCUT2D eigenvalue weighted by atomic mass is 35.5. The molecule has 2 aliphatic heterocycles. The average molecular weight is 696 g/mol. The van der Waals surface area contributed by atoms with E-state index in [9.17, 15) is 4.79 Å². The van der Waals surface area contributed by atoms with Crippen molar-refractivity contribution in [1.29, 1.82) is 0 Å². The first-order chi connectivity index (χ1) is 23.3. The Morgan fingerprint density at radius 3 is 2.00 bits per heavy atom. The number of aromatic nitrogens is 2. The number of amides is 1. The highest BCUT2D eigenvalue weighted by molar-refractivity contribution is 6.30. The summed E-state index contributed by atoms with van der Waals surface area (Å²) in [6.07, 6.45) is 13.0. The van der Waals surface area contributed by atoms with E-state index < -0.39 is 5.60 Å². The van der Waals surface area contributed by atoms with E-state index in [1.807, 2.05) is 32.9 Å². The van der Waals surface area contributed by atoms with Crippen LogP contribution in [0.25, 0.3) is 0 Å². The van der Waals surface area contributed by atoms with Crippen LogP contribution < -0.4 is 19.5 Å². The lowest BCUT2D eigenvalue weighted by atomic mass is 10.2. The Morgan fingerprint density at radius 2 is 1.40 bits per heavy atom. The molecule has 4 heterocycles. The van der Waals surface area contributed by atoms with Crippen LogP contribution in [0.5, 0.6) is 17.4 Å². The topological polar surface area (TPSA) is 129 Å². The van der Waals surface area contributed by atoms with Gasteiger partial charge in [-0.1, -0.05) is 24.4 Å². The van der Waals surface area contributed by atoms with E-state index in [1.54, 1.807) is 24.5 Å². The third-order valence-corrected chi connectivity index (χ3v) is 7.29. The maximum Gasteiger partial charge on any atom is 0.407 e. The van der Waals surface area contributed by atoms with Crippen molar-refractivity contribution in [3.05, 3.63) is 41.8 Å². The SMILES string of the molecule is CC(C)(C)OC(=O)NCCCCCCOc1ncccc1OCCOC1CCCCO1.Clc1ncccc1OCCOC1CCCCO1. The molecule has 0 aromatic carbocycles. The van der Waals surface area contributed by atoms with E-state index in [4.69, 9.17) is 49.5 Å². The van der Waals surface area contributed by atoms with Gasteiger partial charge in [-0.3, -0.25) is 0 Å². The van der Waals surface area contributed by atoms with E-state index in [0.717, 1.165) is 71.0 Å². The molecule has 2 fully saturated rings. The van der Waals surface area contributed by atoms with Crippen LogP contribution in [-0.2, 0) is 23.7 Å². The lowest BCUT2D eigenvalue weighted by Gasteiger charge is -2.22. The van der Waals surface area contributed by atoms with Crippen LogP contribution in [0.15, 0.2) is 36.7 Å². The molecule has 1 amide bonds. The first-order valence-electron chi connectivity index (χ1n) is 17.2. The molecule has 0 spiro atoms. The van der Waals surface area contributed by atoms with Gasteiger partial charge in [0.05, 0.1) is 19.8 Å². The summed E-state index contributed by atoms with van der Waals surface area (Å²) in [4.78, 5) is 19.8. The molecule has 0 bridgehead atoms. The molecular formula is C35H54ClN3O9. The Morgan fingerprint density at radius 1 is 0.792 bits per heavy atom. The zero-order chi connectivity index (χ0) is 34.3. The third kappa shape index (κ3) is 18.0. The average Bonchev–Trinajstić information content (AvgIpc) is 3.08. The second kappa shape index (κ2) is 23.5.